The Hall–Kier alpha value is -2.28. The molecule has 0 radical (unpaired) electrons. The van der Waals surface area contributed by atoms with Crippen molar-refractivity contribution in [3.63, 3.8) is 0 Å². The summed E-state index contributed by atoms with van der Waals surface area (Å²) in [6, 6.07) is 17.7. The monoisotopic (exact) mass is 362 g/mol. The van der Waals surface area contributed by atoms with Crippen LogP contribution in [0.5, 0.6) is 0 Å². The van der Waals surface area contributed by atoms with Crippen LogP contribution in [0.2, 0.25) is 0 Å². The van der Waals surface area contributed by atoms with E-state index in [-0.39, 0.29) is 10.8 Å². The zero-order valence-electron chi connectivity index (χ0n) is 17.8. The van der Waals surface area contributed by atoms with Crippen LogP contribution in [0.25, 0.3) is 0 Å². The van der Waals surface area contributed by atoms with Gasteiger partial charge in [-0.2, -0.15) is 0 Å². The van der Waals surface area contributed by atoms with Gasteiger partial charge >= 0.3 is 0 Å². The molecule has 0 aromatic heterocycles. The third-order valence-corrected chi connectivity index (χ3v) is 4.70. The molecule has 27 heavy (non-hydrogen) atoms. The molecule has 0 fully saturated rings. The molecule has 1 heteroatoms. The highest BCUT2D eigenvalue weighted by Gasteiger charge is 2.13. The summed E-state index contributed by atoms with van der Waals surface area (Å²) in [5.74, 6) is 0. The third kappa shape index (κ3) is 7.09. The van der Waals surface area contributed by atoms with Crippen LogP contribution in [-0.4, -0.2) is 0 Å². The predicted molar refractivity (Wildman–Crippen MR) is 117 cm³/mol. The van der Waals surface area contributed by atoms with Gasteiger partial charge in [0.05, 0.1) is 12.5 Å². The smallest absolute Gasteiger partial charge is 0.0864 e. The summed E-state index contributed by atoms with van der Waals surface area (Å²) in [7, 11) is 0. The van der Waals surface area contributed by atoms with E-state index in [4.69, 9.17) is 4.74 Å². The lowest BCUT2D eigenvalue weighted by Crippen LogP contribution is -2.10. The van der Waals surface area contributed by atoms with Crippen molar-refractivity contribution in [1.82, 2.24) is 0 Å². The van der Waals surface area contributed by atoms with E-state index in [1.165, 1.54) is 22.3 Å². The van der Waals surface area contributed by atoms with Crippen LogP contribution in [0.15, 0.2) is 73.2 Å². The Kier molecular flexibility index (Phi) is 7.07. The molecule has 0 aliphatic carbocycles. The van der Waals surface area contributed by atoms with Gasteiger partial charge in [0.25, 0.3) is 0 Å². The van der Waals surface area contributed by atoms with Gasteiger partial charge in [-0.05, 0) is 58.1 Å². The van der Waals surface area contributed by atoms with E-state index >= 15 is 0 Å². The van der Waals surface area contributed by atoms with Gasteiger partial charge in [0.1, 0.15) is 0 Å². The summed E-state index contributed by atoms with van der Waals surface area (Å²) in [4.78, 5) is 0. The Bertz CT molecular complexity index is 680. The minimum absolute atomic E-state index is 0.204. The van der Waals surface area contributed by atoms with Crippen molar-refractivity contribution >= 4 is 0 Å². The maximum absolute atomic E-state index is 5.47. The van der Waals surface area contributed by atoms with E-state index in [1.807, 2.05) is 0 Å². The molecule has 0 atom stereocenters. The highest BCUT2D eigenvalue weighted by Crippen LogP contribution is 2.23. The molecule has 0 N–H and O–H groups in total. The number of benzene rings is 2. The average Bonchev–Trinajstić information content (AvgIpc) is 2.60. The largest absolute Gasteiger partial charge is 0.473 e. The van der Waals surface area contributed by atoms with Gasteiger partial charge in [0.2, 0.25) is 0 Å². The van der Waals surface area contributed by atoms with Gasteiger partial charge in [-0.15, -0.1) is 0 Å². The van der Waals surface area contributed by atoms with Crippen LogP contribution in [0.3, 0.4) is 0 Å². The molecular weight excluding hydrogens is 328 g/mol. The first-order valence-corrected chi connectivity index (χ1v) is 9.80. The Balaban J connectivity index is 1.74. The lowest BCUT2D eigenvalue weighted by molar-refractivity contribution is 0.399. The SMILES string of the molecule is CC(C)(C)c1ccc(CC=COC=CCc2ccc(C(C)(C)C)cc2)cc1. The van der Waals surface area contributed by atoms with E-state index in [2.05, 4.69) is 102 Å². The maximum atomic E-state index is 5.47. The van der Waals surface area contributed by atoms with Crippen LogP contribution in [0.1, 0.15) is 63.8 Å². The van der Waals surface area contributed by atoms with Crippen molar-refractivity contribution in [2.75, 3.05) is 0 Å². The Morgan fingerprint density at radius 2 is 0.926 bits per heavy atom. The second-order valence-electron chi connectivity index (χ2n) is 9.18. The summed E-state index contributed by atoms with van der Waals surface area (Å²) >= 11 is 0. The zero-order chi connectivity index (χ0) is 19.9. The van der Waals surface area contributed by atoms with Gasteiger partial charge in [-0.1, -0.05) is 90.1 Å². The molecule has 0 saturated carbocycles. The Morgan fingerprint density at radius 3 is 1.22 bits per heavy atom. The van der Waals surface area contributed by atoms with Crippen molar-refractivity contribution in [3.05, 3.63) is 95.5 Å². The molecule has 0 aliphatic heterocycles. The van der Waals surface area contributed by atoms with Crippen LogP contribution in [0, 0.1) is 0 Å². The lowest BCUT2D eigenvalue weighted by Gasteiger charge is -2.18. The minimum Gasteiger partial charge on any atom is -0.473 e. The van der Waals surface area contributed by atoms with Gasteiger partial charge in [0.15, 0.2) is 0 Å². The number of hydrogen-bond donors (Lipinski definition) is 0. The fraction of sp³-hybridized carbons (Fsp3) is 0.385. The van der Waals surface area contributed by atoms with Crippen molar-refractivity contribution < 1.29 is 4.74 Å². The average molecular weight is 363 g/mol. The summed E-state index contributed by atoms with van der Waals surface area (Å²) in [6.07, 6.45) is 9.38. The molecule has 2 aromatic rings. The number of hydrogen-bond acceptors (Lipinski definition) is 1. The molecule has 144 valence electrons. The lowest BCUT2D eigenvalue weighted by atomic mass is 9.86. The quantitative estimate of drug-likeness (QED) is 0.497. The molecule has 1 nitrogen and oxygen atoms in total. The predicted octanol–water partition coefficient (Wildman–Crippen LogP) is 7.11. The molecule has 2 aromatic carbocycles. The maximum Gasteiger partial charge on any atom is 0.0864 e. The van der Waals surface area contributed by atoms with E-state index in [0.29, 0.717) is 0 Å². The highest BCUT2D eigenvalue weighted by atomic mass is 16.5. The summed E-state index contributed by atoms with van der Waals surface area (Å²) in [5.41, 5.74) is 5.73. The normalized spacial score (nSPS) is 12.8. The van der Waals surface area contributed by atoms with Crippen molar-refractivity contribution in [1.29, 1.82) is 0 Å². The second-order valence-corrected chi connectivity index (χ2v) is 9.18. The zero-order valence-corrected chi connectivity index (χ0v) is 17.8. The molecule has 0 aliphatic rings. The van der Waals surface area contributed by atoms with Crippen LogP contribution >= 0.6 is 0 Å². The molecule has 0 spiro atoms. The van der Waals surface area contributed by atoms with Gasteiger partial charge in [0, 0.05) is 0 Å². The van der Waals surface area contributed by atoms with Crippen LogP contribution in [0.4, 0.5) is 0 Å². The fourth-order valence-electron chi connectivity index (χ4n) is 2.81. The van der Waals surface area contributed by atoms with E-state index in [1.54, 1.807) is 12.5 Å². The van der Waals surface area contributed by atoms with Crippen LogP contribution < -0.4 is 0 Å². The van der Waals surface area contributed by atoms with E-state index in [0.717, 1.165) is 12.8 Å². The number of ether oxygens (including phenoxy) is 1. The molecular formula is C26H34O. The molecule has 0 heterocycles. The highest BCUT2D eigenvalue weighted by molar-refractivity contribution is 5.29. The summed E-state index contributed by atoms with van der Waals surface area (Å²) in [5, 5.41) is 0. The minimum atomic E-state index is 0.204. The van der Waals surface area contributed by atoms with Crippen molar-refractivity contribution in [2.24, 2.45) is 0 Å². The molecule has 2 rings (SSSR count). The summed E-state index contributed by atoms with van der Waals surface area (Å²) in [6.45, 7) is 13.4. The molecule has 0 bridgehead atoms. The standard InChI is InChI=1S/C26H34O/c1-25(2,3)23-15-11-21(12-16-23)9-7-19-27-20-8-10-22-13-17-24(18-14-22)26(4,5)6/h7-8,11-20H,9-10H2,1-6H3. The molecule has 0 unspecified atom stereocenters. The van der Waals surface area contributed by atoms with Crippen molar-refractivity contribution in [2.45, 2.75) is 65.2 Å². The van der Waals surface area contributed by atoms with Gasteiger partial charge in [-0.3, -0.25) is 0 Å². The topological polar surface area (TPSA) is 9.23 Å². The van der Waals surface area contributed by atoms with E-state index < -0.39 is 0 Å². The van der Waals surface area contributed by atoms with Gasteiger partial charge in [-0.25, -0.2) is 0 Å². The van der Waals surface area contributed by atoms with E-state index in [9.17, 15) is 0 Å². The molecule has 0 saturated heterocycles. The second kappa shape index (κ2) is 9.08. The van der Waals surface area contributed by atoms with Crippen molar-refractivity contribution in [3.8, 4) is 0 Å². The fourth-order valence-corrected chi connectivity index (χ4v) is 2.81. The Morgan fingerprint density at radius 1 is 0.593 bits per heavy atom. The summed E-state index contributed by atoms with van der Waals surface area (Å²) < 4.78 is 5.47. The van der Waals surface area contributed by atoms with Crippen LogP contribution in [-0.2, 0) is 28.4 Å². The first-order valence-electron chi connectivity index (χ1n) is 9.80. The number of rotatable bonds is 6. The number of allylic oxidation sites excluding steroid dienone is 2. The molecule has 0 amide bonds. The van der Waals surface area contributed by atoms with Gasteiger partial charge < -0.3 is 4.74 Å². The Labute approximate surface area is 165 Å². The first kappa shape index (κ1) is 21.0. The first-order chi connectivity index (χ1) is 12.7. The third-order valence-electron chi connectivity index (χ3n) is 4.70.